The molecule has 1 fully saturated rings. The van der Waals surface area contributed by atoms with Gasteiger partial charge in [0.2, 0.25) is 5.88 Å². The van der Waals surface area contributed by atoms with Crippen LogP contribution in [0.3, 0.4) is 0 Å². The Morgan fingerprint density at radius 3 is 2.79 bits per heavy atom. The molecule has 34 heavy (non-hydrogen) atoms. The van der Waals surface area contributed by atoms with Crippen molar-refractivity contribution < 1.29 is 9.53 Å². The largest absolute Gasteiger partial charge is 0.437 e. The Morgan fingerprint density at radius 2 is 1.94 bits per heavy atom. The van der Waals surface area contributed by atoms with Crippen LogP contribution in [-0.4, -0.2) is 43.6 Å². The van der Waals surface area contributed by atoms with Crippen molar-refractivity contribution in [3.05, 3.63) is 102 Å². The van der Waals surface area contributed by atoms with Crippen LogP contribution in [0.2, 0.25) is 0 Å². The minimum absolute atomic E-state index is 0.0488. The highest BCUT2D eigenvalue weighted by Crippen LogP contribution is 2.29. The van der Waals surface area contributed by atoms with Crippen molar-refractivity contribution in [2.24, 2.45) is 0 Å². The molecule has 7 heteroatoms. The number of benzene rings is 2. The Morgan fingerprint density at radius 1 is 1.09 bits per heavy atom. The van der Waals surface area contributed by atoms with Crippen molar-refractivity contribution in [1.82, 2.24) is 24.6 Å². The van der Waals surface area contributed by atoms with Crippen LogP contribution in [0.1, 0.15) is 45.9 Å². The number of ether oxygens (including phenoxy) is 1. The van der Waals surface area contributed by atoms with Crippen LogP contribution in [0.25, 0.3) is 0 Å². The van der Waals surface area contributed by atoms with Crippen LogP contribution in [0.4, 0.5) is 0 Å². The van der Waals surface area contributed by atoms with E-state index in [4.69, 9.17) is 9.72 Å². The van der Waals surface area contributed by atoms with Crippen LogP contribution in [0.5, 0.6) is 11.6 Å². The van der Waals surface area contributed by atoms with Gasteiger partial charge in [-0.2, -0.15) is 5.10 Å². The van der Waals surface area contributed by atoms with Crippen molar-refractivity contribution in [3.63, 3.8) is 0 Å². The third-order valence-corrected chi connectivity index (χ3v) is 6.21. The van der Waals surface area contributed by atoms with Gasteiger partial charge in [-0.15, -0.1) is 0 Å². The Balaban J connectivity index is 1.32. The molecule has 1 atom stereocenters. The number of likely N-dealkylation sites (tertiary alicyclic amines) is 1. The molecule has 1 aliphatic rings. The molecule has 0 aliphatic carbocycles. The second-order valence-electron chi connectivity index (χ2n) is 8.60. The fourth-order valence-corrected chi connectivity index (χ4v) is 4.40. The summed E-state index contributed by atoms with van der Waals surface area (Å²) in [5, 5.41) is 4.28. The number of carbonyl (C=O) groups excluding carboxylic acids is 1. The average molecular weight is 454 g/mol. The summed E-state index contributed by atoms with van der Waals surface area (Å²) >= 11 is 0. The number of hydrogen-bond acceptors (Lipinski definition) is 5. The standard InChI is InChI=1S/C27H27N5O2/c1-20-8-2-5-12-25(20)34-26-17-28-16-24(30-26)22-10-6-14-31(18-22)27(33)23-11-4-3-9-21(23)19-32-15-7-13-29-32/h2-5,7-9,11-13,15-17,22H,6,10,14,18-19H2,1H3/t22-/m0/s1. The van der Waals surface area contributed by atoms with Crippen LogP contribution in [0, 0.1) is 6.92 Å². The van der Waals surface area contributed by atoms with Gasteiger partial charge in [0.05, 0.1) is 18.4 Å². The molecule has 1 aliphatic heterocycles. The minimum atomic E-state index is 0.0488. The first-order valence-electron chi connectivity index (χ1n) is 11.6. The molecule has 0 saturated carbocycles. The molecule has 5 rings (SSSR count). The van der Waals surface area contributed by atoms with E-state index >= 15 is 0 Å². The van der Waals surface area contributed by atoms with E-state index in [0.717, 1.165) is 47.5 Å². The molecule has 0 bridgehead atoms. The van der Waals surface area contributed by atoms with Crippen molar-refractivity contribution >= 4 is 5.91 Å². The van der Waals surface area contributed by atoms with E-state index < -0.39 is 0 Å². The summed E-state index contributed by atoms with van der Waals surface area (Å²) < 4.78 is 7.82. The third kappa shape index (κ3) is 4.83. The molecule has 4 aromatic rings. The number of piperidine rings is 1. The summed E-state index contributed by atoms with van der Waals surface area (Å²) in [5.41, 5.74) is 3.58. The van der Waals surface area contributed by atoms with E-state index in [1.165, 1.54) is 0 Å². The average Bonchev–Trinajstić information content (AvgIpc) is 3.39. The Bertz CT molecular complexity index is 1270. The summed E-state index contributed by atoms with van der Waals surface area (Å²) in [4.78, 5) is 24.5. The molecule has 1 saturated heterocycles. The fraction of sp³-hybridized carbons (Fsp3) is 0.259. The number of amides is 1. The van der Waals surface area contributed by atoms with Crippen LogP contribution in [-0.2, 0) is 6.54 Å². The van der Waals surface area contributed by atoms with Gasteiger partial charge in [0.15, 0.2) is 0 Å². The van der Waals surface area contributed by atoms with E-state index in [9.17, 15) is 4.79 Å². The lowest BCUT2D eigenvalue weighted by Crippen LogP contribution is -2.39. The summed E-state index contributed by atoms with van der Waals surface area (Å²) in [5.74, 6) is 1.40. The number of rotatable bonds is 6. The number of hydrogen-bond donors (Lipinski definition) is 0. The Kier molecular flexibility index (Phi) is 6.33. The van der Waals surface area contributed by atoms with E-state index in [0.29, 0.717) is 19.0 Å². The van der Waals surface area contributed by atoms with E-state index in [-0.39, 0.29) is 11.8 Å². The van der Waals surface area contributed by atoms with Gasteiger partial charge in [-0.1, -0.05) is 36.4 Å². The van der Waals surface area contributed by atoms with E-state index in [1.54, 1.807) is 18.6 Å². The van der Waals surface area contributed by atoms with Crippen molar-refractivity contribution in [1.29, 1.82) is 0 Å². The van der Waals surface area contributed by atoms with Crippen molar-refractivity contribution in [2.45, 2.75) is 32.2 Å². The van der Waals surface area contributed by atoms with Crippen LogP contribution >= 0.6 is 0 Å². The maximum atomic E-state index is 13.5. The maximum absolute atomic E-state index is 13.5. The molecule has 172 valence electrons. The summed E-state index contributed by atoms with van der Waals surface area (Å²) in [6.07, 6.45) is 8.95. The number of para-hydroxylation sites is 1. The molecule has 3 heterocycles. The molecule has 2 aromatic carbocycles. The lowest BCUT2D eigenvalue weighted by Gasteiger charge is -2.33. The van der Waals surface area contributed by atoms with Gasteiger partial charge in [0.25, 0.3) is 5.91 Å². The zero-order valence-electron chi connectivity index (χ0n) is 19.2. The normalized spacial score (nSPS) is 15.8. The molecule has 1 amide bonds. The molecule has 0 spiro atoms. The van der Waals surface area contributed by atoms with Crippen molar-refractivity contribution in [2.75, 3.05) is 13.1 Å². The molecular formula is C27H27N5O2. The Labute approximate surface area is 199 Å². The number of aryl methyl sites for hydroxylation is 1. The molecule has 0 N–H and O–H groups in total. The predicted molar refractivity (Wildman–Crippen MR) is 129 cm³/mol. The second kappa shape index (κ2) is 9.87. The first-order valence-corrected chi connectivity index (χ1v) is 11.6. The number of nitrogens with zero attached hydrogens (tertiary/aromatic N) is 5. The first kappa shape index (κ1) is 21.8. The highest BCUT2D eigenvalue weighted by Gasteiger charge is 2.28. The smallest absolute Gasteiger partial charge is 0.254 e. The van der Waals surface area contributed by atoms with Gasteiger partial charge < -0.3 is 9.64 Å². The monoisotopic (exact) mass is 453 g/mol. The zero-order valence-corrected chi connectivity index (χ0v) is 19.2. The highest BCUT2D eigenvalue weighted by atomic mass is 16.5. The van der Waals surface area contributed by atoms with Gasteiger partial charge in [-0.05, 0) is 49.1 Å². The predicted octanol–water partition coefficient (Wildman–Crippen LogP) is 4.84. The third-order valence-electron chi connectivity index (χ3n) is 6.21. The fourth-order valence-electron chi connectivity index (χ4n) is 4.40. The van der Waals surface area contributed by atoms with Gasteiger partial charge >= 0.3 is 0 Å². The minimum Gasteiger partial charge on any atom is -0.437 e. The highest BCUT2D eigenvalue weighted by molar-refractivity contribution is 5.95. The Hall–Kier alpha value is -4.00. The molecule has 7 nitrogen and oxygen atoms in total. The summed E-state index contributed by atoms with van der Waals surface area (Å²) in [6.45, 7) is 3.91. The summed E-state index contributed by atoms with van der Waals surface area (Å²) in [6, 6.07) is 17.5. The SMILES string of the molecule is Cc1ccccc1Oc1cncc([C@H]2CCCN(C(=O)c3ccccc3Cn3cccn3)C2)n1. The number of carbonyl (C=O) groups is 1. The molecular weight excluding hydrogens is 426 g/mol. The van der Waals surface area contributed by atoms with E-state index in [2.05, 4.69) is 10.1 Å². The van der Waals surface area contributed by atoms with E-state index in [1.807, 2.05) is 77.3 Å². The second-order valence-corrected chi connectivity index (χ2v) is 8.60. The summed E-state index contributed by atoms with van der Waals surface area (Å²) in [7, 11) is 0. The maximum Gasteiger partial charge on any atom is 0.254 e. The molecule has 2 aromatic heterocycles. The first-order chi connectivity index (χ1) is 16.7. The quantitative estimate of drug-likeness (QED) is 0.418. The molecule has 0 radical (unpaired) electrons. The van der Waals surface area contributed by atoms with Crippen LogP contribution < -0.4 is 4.74 Å². The lowest BCUT2D eigenvalue weighted by molar-refractivity contribution is 0.0704. The van der Waals surface area contributed by atoms with Gasteiger partial charge in [-0.3, -0.25) is 14.5 Å². The lowest BCUT2D eigenvalue weighted by atomic mass is 9.94. The van der Waals surface area contributed by atoms with Gasteiger partial charge in [0, 0.05) is 43.2 Å². The van der Waals surface area contributed by atoms with Gasteiger partial charge in [-0.25, -0.2) is 4.98 Å². The molecule has 0 unspecified atom stereocenters. The number of aromatic nitrogens is 4. The van der Waals surface area contributed by atoms with Crippen LogP contribution in [0.15, 0.2) is 79.4 Å². The zero-order chi connectivity index (χ0) is 23.3. The van der Waals surface area contributed by atoms with Crippen molar-refractivity contribution in [3.8, 4) is 11.6 Å². The van der Waals surface area contributed by atoms with Gasteiger partial charge in [0.1, 0.15) is 5.75 Å². The topological polar surface area (TPSA) is 73.1 Å².